The maximum atomic E-state index is 12.1. The first-order chi connectivity index (χ1) is 8.81. The molecule has 0 saturated heterocycles. The second kappa shape index (κ2) is 5.91. The van der Waals surface area contributed by atoms with Crippen LogP contribution in [0.3, 0.4) is 0 Å². The normalized spacial score (nSPS) is 11.2. The van der Waals surface area contributed by atoms with Crippen molar-refractivity contribution in [1.29, 1.82) is 0 Å². The van der Waals surface area contributed by atoms with Crippen molar-refractivity contribution in [3.63, 3.8) is 0 Å². The van der Waals surface area contributed by atoms with Gasteiger partial charge in [-0.3, -0.25) is 0 Å². The highest BCUT2D eigenvalue weighted by molar-refractivity contribution is 7.89. The van der Waals surface area contributed by atoms with E-state index < -0.39 is 16.0 Å². The van der Waals surface area contributed by atoms with Crippen LogP contribution in [0.2, 0.25) is 0 Å². The molecular formula is C12H16N2O4S. The lowest BCUT2D eigenvalue weighted by molar-refractivity contribution is 0.0690. The van der Waals surface area contributed by atoms with Gasteiger partial charge in [0.1, 0.15) is 10.6 Å². The first-order valence-electron chi connectivity index (χ1n) is 5.67. The zero-order valence-electron chi connectivity index (χ0n) is 10.8. The van der Waals surface area contributed by atoms with Gasteiger partial charge in [0.15, 0.2) is 0 Å². The van der Waals surface area contributed by atoms with Gasteiger partial charge in [0.2, 0.25) is 10.0 Å². The number of aryl methyl sites for hydroxylation is 1. The second-order valence-electron chi connectivity index (χ2n) is 4.09. The third-order valence-electron chi connectivity index (χ3n) is 2.64. The lowest BCUT2D eigenvalue weighted by Crippen LogP contribution is -2.25. The van der Waals surface area contributed by atoms with Crippen LogP contribution in [-0.2, 0) is 10.0 Å². The van der Waals surface area contributed by atoms with Gasteiger partial charge in [0, 0.05) is 24.2 Å². The van der Waals surface area contributed by atoms with Gasteiger partial charge in [-0.15, -0.1) is 12.3 Å². The highest BCUT2D eigenvalue weighted by atomic mass is 32.2. The number of nitrogens with one attached hydrogen (secondary N) is 2. The van der Waals surface area contributed by atoms with Crippen LogP contribution in [0.5, 0.6) is 0 Å². The van der Waals surface area contributed by atoms with Gasteiger partial charge in [0.25, 0.3) is 0 Å². The monoisotopic (exact) mass is 284 g/mol. The van der Waals surface area contributed by atoms with Gasteiger partial charge in [-0.2, -0.15) is 0 Å². The average Bonchev–Trinajstić information content (AvgIpc) is 2.61. The maximum Gasteiger partial charge on any atom is 0.352 e. The summed E-state index contributed by atoms with van der Waals surface area (Å²) in [5, 5.41) is 8.95. The third-order valence-corrected chi connectivity index (χ3v) is 4.38. The van der Waals surface area contributed by atoms with E-state index in [1.807, 2.05) is 0 Å². The molecule has 0 amide bonds. The van der Waals surface area contributed by atoms with E-state index in [0.717, 1.165) is 0 Å². The highest BCUT2D eigenvalue weighted by Gasteiger charge is 2.25. The van der Waals surface area contributed by atoms with E-state index in [9.17, 15) is 13.2 Å². The van der Waals surface area contributed by atoms with Crippen LogP contribution < -0.4 is 4.72 Å². The molecule has 0 fully saturated rings. The van der Waals surface area contributed by atoms with Crippen molar-refractivity contribution in [1.82, 2.24) is 9.71 Å². The van der Waals surface area contributed by atoms with Gasteiger partial charge in [-0.05, 0) is 20.3 Å². The molecule has 7 heteroatoms. The molecule has 3 N–H and O–H groups in total. The molecule has 0 radical (unpaired) electrons. The molecule has 1 rings (SSSR count). The molecular weight excluding hydrogens is 268 g/mol. The maximum absolute atomic E-state index is 12.1. The van der Waals surface area contributed by atoms with Gasteiger partial charge >= 0.3 is 5.97 Å². The van der Waals surface area contributed by atoms with Crippen LogP contribution in [0.15, 0.2) is 4.90 Å². The van der Waals surface area contributed by atoms with Crippen molar-refractivity contribution in [2.45, 2.75) is 31.6 Å². The quantitative estimate of drug-likeness (QED) is 0.536. The van der Waals surface area contributed by atoms with Crippen LogP contribution in [0, 0.1) is 26.2 Å². The number of carboxylic acid groups (broad SMARTS) is 1. The Morgan fingerprint density at radius 3 is 2.58 bits per heavy atom. The van der Waals surface area contributed by atoms with Crippen LogP contribution in [0.4, 0.5) is 0 Å². The van der Waals surface area contributed by atoms with E-state index >= 15 is 0 Å². The Labute approximate surface area is 112 Å². The summed E-state index contributed by atoms with van der Waals surface area (Å²) in [6.07, 6.45) is 6.09. The molecule has 0 aliphatic heterocycles. The summed E-state index contributed by atoms with van der Waals surface area (Å²) in [7, 11) is -3.73. The van der Waals surface area contributed by atoms with Crippen LogP contribution in [0.1, 0.15) is 34.6 Å². The number of hydrogen-bond donors (Lipinski definition) is 3. The van der Waals surface area contributed by atoms with E-state index in [1.54, 1.807) is 0 Å². The third kappa shape index (κ3) is 3.36. The summed E-state index contributed by atoms with van der Waals surface area (Å²) < 4.78 is 26.6. The molecule has 104 valence electrons. The zero-order chi connectivity index (χ0) is 14.6. The molecule has 0 atom stereocenters. The fourth-order valence-electron chi connectivity index (χ4n) is 1.82. The largest absolute Gasteiger partial charge is 0.477 e. The van der Waals surface area contributed by atoms with Crippen molar-refractivity contribution in [3.8, 4) is 12.3 Å². The van der Waals surface area contributed by atoms with E-state index in [0.29, 0.717) is 18.5 Å². The van der Waals surface area contributed by atoms with Crippen LogP contribution >= 0.6 is 0 Å². The summed E-state index contributed by atoms with van der Waals surface area (Å²) >= 11 is 0. The Balaban J connectivity index is 3.02. The first-order valence-corrected chi connectivity index (χ1v) is 7.15. The first kappa shape index (κ1) is 15.3. The molecule has 1 aromatic rings. The standard InChI is InChI=1S/C12H16N2O4S/c1-4-5-6-7-13-19(17,18)11-8(2)10(12(15)16)14-9(11)3/h1,13-14H,5-7H2,2-3H3,(H,15,16). The number of sulfonamides is 1. The van der Waals surface area contributed by atoms with Crippen LogP contribution in [-0.4, -0.2) is 31.0 Å². The predicted molar refractivity (Wildman–Crippen MR) is 70.5 cm³/mol. The zero-order valence-corrected chi connectivity index (χ0v) is 11.6. The Hall–Kier alpha value is -1.78. The highest BCUT2D eigenvalue weighted by Crippen LogP contribution is 2.22. The van der Waals surface area contributed by atoms with E-state index in [1.165, 1.54) is 13.8 Å². The number of H-pyrrole nitrogens is 1. The van der Waals surface area contributed by atoms with Crippen LogP contribution in [0.25, 0.3) is 0 Å². The van der Waals surface area contributed by atoms with Crippen molar-refractivity contribution in [3.05, 3.63) is 17.0 Å². The fraction of sp³-hybridized carbons (Fsp3) is 0.417. The summed E-state index contributed by atoms with van der Waals surface area (Å²) in [5.74, 6) is 1.23. The number of hydrogen-bond acceptors (Lipinski definition) is 3. The number of carbonyl (C=O) groups is 1. The minimum absolute atomic E-state index is 0.00870. The number of unbranched alkanes of at least 4 members (excludes halogenated alkanes) is 1. The lowest BCUT2D eigenvalue weighted by Gasteiger charge is -2.06. The van der Waals surface area contributed by atoms with E-state index in [2.05, 4.69) is 15.6 Å². The number of aromatic carboxylic acids is 1. The fourth-order valence-corrected chi connectivity index (χ4v) is 3.34. The Bertz CT molecular complexity index is 623. The molecule has 1 heterocycles. The number of rotatable bonds is 6. The molecule has 0 aromatic carbocycles. The van der Waals surface area contributed by atoms with E-state index in [4.69, 9.17) is 11.5 Å². The van der Waals surface area contributed by atoms with Gasteiger partial charge in [0.05, 0.1) is 0 Å². The van der Waals surface area contributed by atoms with Gasteiger partial charge in [-0.1, -0.05) is 0 Å². The predicted octanol–water partition coefficient (Wildman–Crippen LogP) is 1.02. The molecule has 6 nitrogen and oxygen atoms in total. The van der Waals surface area contributed by atoms with Gasteiger partial charge < -0.3 is 10.1 Å². The number of aromatic amines is 1. The lowest BCUT2D eigenvalue weighted by atomic mass is 10.2. The number of aromatic nitrogens is 1. The minimum Gasteiger partial charge on any atom is -0.477 e. The Kier molecular flexibility index (Phi) is 4.75. The number of carboxylic acids is 1. The SMILES string of the molecule is C#CCCCNS(=O)(=O)c1c(C)[nH]c(C(=O)O)c1C. The summed E-state index contributed by atoms with van der Waals surface area (Å²) in [4.78, 5) is 13.5. The summed E-state index contributed by atoms with van der Waals surface area (Å²) in [6, 6.07) is 0. The summed E-state index contributed by atoms with van der Waals surface area (Å²) in [5.41, 5.74) is 0.398. The molecule has 0 spiro atoms. The van der Waals surface area contributed by atoms with Crippen molar-refractivity contribution in [2.24, 2.45) is 0 Å². The molecule has 0 unspecified atom stereocenters. The van der Waals surface area contributed by atoms with Crippen molar-refractivity contribution < 1.29 is 18.3 Å². The van der Waals surface area contributed by atoms with Gasteiger partial charge in [-0.25, -0.2) is 17.9 Å². The molecule has 0 aliphatic carbocycles. The van der Waals surface area contributed by atoms with E-state index in [-0.39, 0.29) is 22.7 Å². The summed E-state index contributed by atoms with van der Waals surface area (Å²) in [6.45, 7) is 3.21. The Morgan fingerprint density at radius 2 is 2.11 bits per heavy atom. The Morgan fingerprint density at radius 1 is 1.47 bits per heavy atom. The number of terminal acetylenes is 1. The van der Waals surface area contributed by atoms with Crippen molar-refractivity contribution >= 4 is 16.0 Å². The smallest absolute Gasteiger partial charge is 0.352 e. The molecule has 0 saturated carbocycles. The second-order valence-corrected chi connectivity index (χ2v) is 5.79. The molecule has 19 heavy (non-hydrogen) atoms. The topological polar surface area (TPSA) is 99.3 Å². The molecule has 1 aromatic heterocycles. The molecule has 0 bridgehead atoms. The average molecular weight is 284 g/mol. The van der Waals surface area contributed by atoms with Crippen molar-refractivity contribution in [2.75, 3.05) is 6.54 Å². The molecule has 0 aliphatic rings. The minimum atomic E-state index is -3.73.